The summed E-state index contributed by atoms with van der Waals surface area (Å²) in [4.78, 5) is 42.7. The molecule has 1 saturated heterocycles. The summed E-state index contributed by atoms with van der Waals surface area (Å²) in [6.07, 6.45) is 0. The number of hydrogen-bond acceptors (Lipinski definition) is 9. The predicted molar refractivity (Wildman–Crippen MR) is 136 cm³/mol. The first kappa shape index (κ1) is 25.5. The van der Waals surface area contributed by atoms with Crippen molar-refractivity contribution in [3.8, 4) is 5.75 Å². The molecule has 0 radical (unpaired) electrons. The van der Waals surface area contributed by atoms with Gasteiger partial charge in [-0.1, -0.05) is 24.3 Å². The molecule has 1 N–H and O–H groups in total. The maximum Gasteiger partial charge on any atom is 0.337 e. The number of furan rings is 1. The Bertz CT molecular complexity index is 1400. The zero-order chi connectivity index (χ0) is 26.8. The summed E-state index contributed by atoms with van der Waals surface area (Å²) >= 11 is 0. The van der Waals surface area contributed by atoms with E-state index >= 15 is 0 Å². The Morgan fingerprint density at radius 2 is 1.79 bits per heavy atom. The summed E-state index contributed by atoms with van der Waals surface area (Å²) in [5.74, 6) is -1.93. The molecule has 1 unspecified atom stereocenters. The van der Waals surface area contributed by atoms with E-state index in [0.717, 1.165) is 13.1 Å². The van der Waals surface area contributed by atoms with Crippen LogP contribution in [0, 0.1) is 0 Å². The number of esters is 1. The zero-order valence-corrected chi connectivity index (χ0v) is 21.1. The SMILES string of the molecule is COC(=O)c1ccc(C2C(C(=O)c3cc4cccc(OC)c4o3)=C(O)C(=O)N2CCN2CCOCC2)cc1. The molecule has 1 amide bonds. The van der Waals surface area contributed by atoms with E-state index in [1.54, 1.807) is 48.5 Å². The fourth-order valence-electron chi connectivity index (χ4n) is 4.90. The molecule has 2 aliphatic rings. The largest absolute Gasteiger partial charge is 0.503 e. The standard InChI is InChI=1S/C28H28N2O8/c1-35-20-5-3-4-19-16-21(38-26(19)20)24(31)22-23(17-6-8-18(9-7-17)28(34)36-2)30(27(33)25(22)32)11-10-29-12-14-37-15-13-29/h3-9,16,23,32H,10-15H2,1-2H3. The Morgan fingerprint density at radius 3 is 2.47 bits per heavy atom. The smallest absolute Gasteiger partial charge is 0.337 e. The first-order chi connectivity index (χ1) is 18.4. The van der Waals surface area contributed by atoms with Crippen molar-refractivity contribution in [3.05, 3.63) is 76.8 Å². The van der Waals surface area contributed by atoms with Crippen molar-refractivity contribution >= 4 is 28.6 Å². The number of methoxy groups -OCH3 is 2. The minimum Gasteiger partial charge on any atom is -0.503 e. The van der Waals surface area contributed by atoms with Crippen LogP contribution in [0.5, 0.6) is 5.75 Å². The van der Waals surface area contributed by atoms with Gasteiger partial charge in [-0.15, -0.1) is 0 Å². The van der Waals surface area contributed by atoms with Crippen LogP contribution < -0.4 is 4.74 Å². The van der Waals surface area contributed by atoms with Crippen molar-refractivity contribution in [1.29, 1.82) is 0 Å². The molecule has 2 aliphatic heterocycles. The van der Waals surface area contributed by atoms with Crippen LogP contribution in [-0.2, 0) is 14.3 Å². The third-order valence-corrected chi connectivity index (χ3v) is 6.91. The van der Waals surface area contributed by atoms with Gasteiger partial charge in [0.05, 0.1) is 44.6 Å². The summed E-state index contributed by atoms with van der Waals surface area (Å²) < 4.78 is 21.4. The lowest BCUT2D eigenvalue weighted by Crippen LogP contribution is -2.43. The maximum atomic E-state index is 13.8. The van der Waals surface area contributed by atoms with Gasteiger partial charge < -0.3 is 28.6 Å². The molecule has 0 bridgehead atoms. The number of morpholine rings is 1. The monoisotopic (exact) mass is 520 g/mol. The van der Waals surface area contributed by atoms with E-state index in [4.69, 9.17) is 18.6 Å². The highest BCUT2D eigenvalue weighted by atomic mass is 16.5. The molecule has 10 nitrogen and oxygen atoms in total. The zero-order valence-electron chi connectivity index (χ0n) is 21.1. The number of fused-ring (bicyclic) bond motifs is 1. The summed E-state index contributed by atoms with van der Waals surface area (Å²) in [6, 6.07) is 12.4. The predicted octanol–water partition coefficient (Wildman–Crippen LogP) is 3.14. The van der Waals surface area contributed by atoms with E-state index < -0.39 is 29.5 Å². The summed E-state index contributed by atoms with van der Waals surface area (Å²) in [6.45, 7) is 3.49. The van der Waals surface area contributed by atoms with E-state index in [1.807, 2.05) is 0 Å². The first-order valence-electron chi connectivity index (χ1n) is 12.3. The minimum atomic E-state index is -0.877. The number of ether oxygens (including phenoxy) is 3. The number of carbonyl (C=O) groups excluding carboxylic acids is 3. The molecule has 3 aromatic rings. The van der Waals surface area contributed by atoms with Crippen LogP contribution in [-0.4, -0.2) is 86.2 Å². The first-order valence-corrected chi connectivity index (χ1v) is 12.3. The Morgan fingerprint density at radius 1 is 1.05 bits per heavy atom. The van der Waals surface area contributed by atoms with Gasteiger partial charge in [0.2, 0.25) is 5.78 Å². The van der Waals surface area contributed by atoms with Crippen molar-refractivity contribution in [2.75, 3.05) is 53.6 Å². The molecule has 198 valence electrons. The average molecular weight is 521 g/mol. The van der Waals surface area contributed by atoms with Gasteiger partial charge in [-0.25, -0.2) is 4.79 Å². The average Bonchev–Trinajstić information content (AvgIpc) is 3.50. The molecule has 0 saturated carbocycles. The van der Waals surface area contributed by atoms with Gasteiger partial charge in [-0.05, 0) is 29.8 Å². The van der Waals surface area contributed by atoms with Crippen molar-refractivity contribution in [2.45, 2.75) is 6.04 Å². The second-order valence-electron chi connectivity index (χ2n) is 9.05. The van der Waals surface area contributed by atoms with Gasteiger partial charge in [0.25, 0.3) is 5.91 Å². The molecule has 1 atom stereocenters. The molecule has 2 aromatic carbocycles. The Hall–Kier alpha value is -4.15. The van der Waals surface area contributed by atoms with Gasteiger partial charge in [0.15, 0.2) is 22.9 Å². The quantitative estimate of drug-likeness (QED) is 0.353. The van der Waals surface area contributed by atoms with Gasteiger partial charge in [0, 0.05) is 31.6 Å². The number of Topliss-reactive ketones (excluding diaryl/α,β-unsaturated/α-hetero) is 1. The van der Waals surface area contributed by atoms with Crippen molar-refractivity contribution in [2.24, 2.45) is 0 Å². The fraction of sp³-hybridized carbons (Fsp3) is 0.321. The molecule has 0 aliphatic carbocycles. The lowest BCUT2D eigenvalue weighted by molar-refractivity contribution is -0.129. The van der Waals surface area contributed by atoms with Crippen LogP contribution in [0.4, 0.5) is 0 Å². The number of hydrogen-bond donors (Lipinski definition) is 1. The van der Waals surface area contributed by atoms with E-state index in [1.165, 1.54) is 19.1 Å². The Kier molecular flexibility index (Phi) is 7.17. The summed E-state index contributed by atoms with van der Waals surface area (Å²) in [5.41, 5.74) is 1.20. The summed E-state index contributed by atoms with van der Waals surface area (Å²) in [5, 5.41) is 11.6. The van der Waals surface area contributed by atoms with Crippen molar-refractivity contribution < 1.29 is 38.1 Å². The van der Waals surface area contributed by atoms with Crippen LogP contribution in [0.3, 0.4) is 0 Å². The highest BCUT2D eigenvalue weighted by Gasteiger charge is 2.44. The number of rotatable bonds is 8. The molecule has 0 spiro atoms. The normalized spacial score (nSPS) is 18.3. The van der Waals surface area contributed by atoms with Crippen LogP contribution in [0.2, 0.25) is 0 Å². The molecule has 1 aromatic heterocycles. The van der Waals surface area contributed by atoms with Crippen LogP contribution in [0.15, 0.2) is 64.3 Å². The number of para-hydroxylation sites is 1. The van der Waals surface area contributed by atoms with Gasteiger partial charge >= 0.3 is 5.97 Å². The highest BCUT2D eigenvalue weighted by molar-refractivity contribution is 6.16. The van der Waals surface area contributed by atoms with Gasteiger partial charge in [-0.2, -0.15) is 0 Å². The molecule has 10 heteroatoms. The molecule has 5 rings (SSSR count). The van der Waals surface area contributed by atoms with Crippen molar-refractivity contribution in [3.63, 3.8) is 0 Å². The third-order valence-electron chi connectivity index (χ3n) is 6.91. The number of nitrogens with zero attached hydrogens (tertiary/aromatic N) is 2. The minimum absolute atomic E-state index is 0.0231. The maximum absolute atomic E-state index is 13.8. The number of carbonyl (C=O) groups is 3. The number of aliphatic hydroxyl groups is 1. The number of aliphatic hydroxyl groups excluding tert-OH is 1. The van der Waals surface area contributed by atoms with E-state index in [2.05, 4.69) is 4.90 Å². The molecular formula is C28H28N2O8. The number of benzene rings is 2. The molecule has 1 fully saturated rings. The van der Waals surface area contributed by atoms with E-state index in [0.29, 0.717) is 47.6 Å². The summed E-state index contributed by atoms with van der Waals surface area (Å²) in [7, 11) is 2.79. The molecule has 38 heavy (non-hydrogen) atoms. The number of ketones is 1. The highest BCUT2D eigenvalue weighted by Crippen LogP contribution is 2.40. The van der Waals surface area contributed by atoms with Crippen molar-refractivity contribution in [1.82, 2.24) is 9.80 Å². The van der Waals surface area contributed by atoms with Crippen LogP contribution in [0.1, 0.15) is 32.5 Å². The Balaban J connectivity index is 1.52. The van der Waals surface area contributed by atoms with E-state index in [9.17, 15) is 19.5 Å². The topological polar surface area (TPSA) is 119 Å². The number of amides is 1. The molecule has 3 heterocycles. The third kappa shape index (κ3) is 4.64. The van der Waals surface area contributed by atoms with Crippen LogP contribution >= 0.6 is 0 Å². The van der Waals surface area contributed by atoms with Gasteiger partial charge in [0.1, 0.15) is 0 Å². The lowest BCUT2D eigenvalue weighted by Gasteiger charge is -2.31. The second-order valence-corrected chi connectivity index (χ2v) is 9.05. The van der Waals surface area contributed by atoms with Crippen LogP contribution in [0.25, 0.3) is 11.0 Å². The van der Waals surface area contributed by atoms with Gasteiger partial charge in [-0.3, -0.25) is 14.5 Å². The second kappa shape index (κ2) is 10.7. The lowest BCUT2D eigenvalue weighted by atomic mass is 9.94. The van der Waals surface area contributed by atoms with E-state index in [-0.39, 0.29) is 17.9 Å². The Labute approximate surface area is 219 Å². The molecular weight excluding hydrogens is 492 g/mol. The fourth-order valence-corrected chi connectivity index (χ4v) is 4.90.